The van der Waals surface area contributed by atoms with Crippen molar-refractivity contribution in [2.45, 2.75) is 150 Å². The van der Waals surface area contributed by atoms with Crippen molar-refractivity contribution < 1.29 is 112 Å². The number of hydrogen-bond donors (Lipinski definition) is 10. The maximum atomic E-state index is 13.8. The Balaban J connectivity index is 0.000000502. The number of aromatic nitrogens is 3. The van der Waals surface area contributed by atoms with Crippen molar-refractivity contribution in [3.8, 4) is 22.3 Å². The van der Waals surface area contributed by atoms with E-state index in [4.69, 9.17) is 56.0 Å². The van der Waals surface area contributed by atoms with Crippen molar-refractivity contribution in [3.05, 3.63) is 219 Å². The molecule has 0 unspecified atom stereocenters. The second-order valence-corrected chi connectivity index (χ2v) is 42.3. The predicted octanol–water partition coefficient (Wildman–Crippen LogP) is 10.5. The number of aliphatic hydroxyl groups is 1. The number of nitrogens with two attached hydrogens (primary N) is 5. The number of nitro groups is 2. The summed E-state index contributed by atoms with van der Waals surface area (Å²) in [5.74, 6) is -2.39. The molecule has 8 aromatic rings. The van der Waals surface area contributed by atoms with Gasteiger partial charge in [0.15, 0.2) is 0 Å². The maximum absolute atomic E-state index is 13.8. The van der Waals surface area contributed by atoms with Crippen LogP contribution in [0.15, 0.2) is 142 Å². The van der Waals surface area contributed by atoms with Crippen LogP contribution in [0.4, 0.5) is 56.1 Å². The first-order valence-corrected chi connectivity index (χ1v) is 48.3. The van der Waals surface area contributed by atoms with E-state index in [2.05, 4.69) is 86.8 Å². The molecule has 3 aromatic heterocycles. The first-order valence-electron chi connectivity index (χ1n) is 36.4. The van der Waals surface area contributed by atoms with Crippen LogP contribution in [0.3, 0.4) is 0 Å². The summed E-state index contributed by atoms with van der Waals surface area (Å²) in [7, 11) is -17.2. The third-order valence-corrected chi connectivity index (χ3v) is 22.4. The van der Waals surface area contributed by atoms with Gasteiger partial charge in [0.2, 0.25) is 50.1 Å². The summed E-state index contributed by atoms with van der Waals surface area (Å²) in [6, 6.07) is 20.5. The first-order chi connectivity index (χ1) is 57.4. The summed E-state index contributed by atoms with van der Waals surface area (Å²) >= 11 is 9.19. The van der Waals surface area contributed by atoms with E-state index in [1.165, 1.54) is 79.4 Å². The normalized spacial score (nSPS) is 15.4. The van der Waals surface area contributed by atoms with Crippen LogP contribution in [-0.4, -0.2) is 171 Å². The average Bonchev–Trinajstić information content (AvgIpc) is 1.60. The fourth-order valence-electron chi connectivity index (χ4n) is 10.1. The molecule has 3 aliphatic heterocycles. The molecule has 0 amide bonds. The zero-order valence-corrected chi connectivity index (χ0v) is 80.3. The van der Waals surface area contributed by atoms with Gasteiger partial charge in [-0.2, -0.15) is 0 Å². The van der Waals surface area contributed by atoms with E-state index in [9.17, 15) is 89.1 Å². The number of halogens is 8. The molecule has 5 aromatic carbocycles. The van der Waals surface area contributed by atoms with Crippen LogP contribution in [0.2, 0.25) is 0 Å². The molecule has 15 N–H and O–H groups in total. The highest BCUT2D eigenvalue weighted by Gasteiger charge is 2.64. The lowest BCUT2D eigenvalue weighted by atomic mass is 9.49. The molecule has 700 valence electrons. The number of nitrogens with zero attached hydrogens (tertiary/aromatic N) is 5. The van der Waals surface area contributed by atoms with Gasteiger partial charge in [0.1, 0.15) is 59.1 Å². The SMILES string of the molecule is C.CC1(C)OB(B2OC(C)(C)C(C)(C)O2)OC1(C)C.CC1(C)OB(c2cc(F)cc(CNS(C)(=O)=O)c2)OC1(C)C.CO.CS(=O)(=O)NCc1cc(F)cc(-c2cncc(N)c2N)c1.CS(=O)(=O)NCc1cc(F)cc(-c2cncc([N+](=O)[O-])c2N)c1.CS(=O)(=O)NCc1cc(F)cc(Br)c1.CS(N)(=O)=O.Nc1c(Br)cncc1[N+](=O)[O-].O=Cc1cc(F)cc(Br)c1. The molecule has 127 heavy (non-hydrogen) atoms. The fraction of sp³-hybridized carbons (Fsp3) is 0.387. The second kappa shape index (κ2) is 47.6. The van der Waals surface area contributed by atoms with Gasteiger partial charge in [0.05, 0.1) is 96.8 Å². The Hall–Kier alpha value is -8.23. The number of sulfonamides is 5. The molecule has 3 aliphatic rings. The number of primary sulfonamides is 1. The van der Waals surface area contributed by atoms with Crippen molar-refractivity contribution in [2.75, 3.05) is 61.3 Å². The van der Waals surface area contributed by atoms with Gasteiger partial charge in [-0.15, -0.1) is 0 Å². The minimum absolute atomic E-state index is 0. The third kappa shape index (κ3) is 39.2. The number of aliphatic hydroxyl groups excluding tert-OH is 1. The Morgan fingerprint density at radius 3 is 1.05 bits per heavy atom. The predicted molar refractivity (Wildman–Crippen MR) is 491 cm³/mol. The van der Waals surface area contributed by atoms with Crippen molar-refractivity contribution in [2.24, 2.45) is 5.14 Å². The Labute approximate surface area is 762 Å². The molecule has 0 saturated carbocycles. The number of pyridine rings is 3. The number of nitrogen functional groups attached to an aromatic ring is 4. The van der Waals surface area contributed by atoms with Crippen LogP contribution < -0.4 is 52.4 Å². The molecule has 0 aliphatic carbocycles. The van der Waals surface area contributed by atoms with E-state index in [-0.39, 0.29) is 89.9 Å². The number of carbonyl (C=O) groups excluding carboxylic acids is 1. The molecular formula is C75H103B3Br3F5N14O22S5. The van der Waals surface area contributed by atoms with Crippen molar-refractivity contribution in [1.82, 2.24) is 33.8 Å². The van der Waals surface area contributed by atoms with Crippen LogP contribution in [0.25, 0.3) is 22.3 Å². The van der Waals surface area contributed by atoms with Gasteiger partial charge in [0, 0.05) is 77.5 Å². The minimum atomic E-state index is -3.44. The van der Waals surface area contributed by atoms with Gasteiger partial charge in [-0.3, -0.25) is 40.0 Å². The lowest BCUT2D eigenvalue weighted by Gasteiger charge is -2.32. The van der Waals surface area contributed by atoms with E-state index in [1.54, 1.807) is 24.3 Å². The van der Waals surface area contributed by atoms with E-state index < -0.39 is 121 Å². The van der Waals surface area contributed by atoms with E-state index in [0.29, 0.717) is 75.5 Å². The van der Waals surface area contributed by atoms with Gasteiger partial charge >= 0.3 is 32.5 Å². The van der Waals surface area contributed by atoms with E-state index in [0.717, 1.165) is 62.9 Å². The van der Waals surface area contributed by atoms with Crippen LogP contribution in [-0.2, 0) is 104 Å². The Kier molecular flexibility index (Phi) is 43.0. The number of aldehydes is 1. The van der Waals surface area contributed by atoms with Crippen LogP contribution in [0.1, 0.15) is 123 Å². The van der Waals surface area contributed by atoms with Gasteiger partial charge in [0.25, 0.3) is 0 Å². The highest BCUT2D eigenvalue weighted by molar-refractivity contribution is 9.11. The van der Waals surface area contributed by atoms with Crippen molar-refractivity contribution in [3.63, 3.8) is 0 Å². The highest BCUT2D eigenvalue weighted by atomic mass is 79.9. The quantitative estimate of drug-likeness (QED) is 0.0118. The Morgan fingerprint density at radius 2 is 0.717 bits per heavy atom. The monoisotopic (exact) mass is 2080 g/mol. The zero-order chi connectivity index (χ0) is 96.8. The molecule has 11 rings (SSSR count). The molecule has 52 heteroatoms. The topological polar surface area (TPSA) is 567 Å². The summed E-state index contributed by atoms with van der Waals surface area (Å²) in [5.41, 5.74) is 24.4. The summed E-state index contributed by atoms with van der Waals surface area (Å²) in [4.78, 5) is 41.2. The molecule has 3 saturated heterocycles. The van der Waals surface area contributed by atoms with Gasteiger partial charge in [-0.1, -0.05) is 45.4 Å². The van der Waals surface area contributed by atoms with Gasteiger partial charge in [-0.05, 0) is 223 Å². The smallest absolute Gasteiger partial charge is 0.405 e. The van der Waals surface area contributed by atoms with E-state index in [1.807, 2.05) is 83.1 Å². The first kappa shape index (κ1) is 115. The molecule has 6 heterocycles. The van der Waals surface area contributed by atoms with Crippen molar-refractivity contribution >= 4 is 165 Å². The van der Waals surface area contributed by atoms with E-state index >= 15 is 0 Å². The Bertz CT molecular complexity index is 5660. The maximum Gasteiger partial charge on any atom is 0.494 e. The lowest BCUT2D eigenvalue weighted by Crippen LogP contribution is -2.41. The molecule has 36 nitrogen and oxygen atoms in total. The summed E-state index contributed by atoms with van der Waals surface area (Å²) in [6.07, 6.45) is 13.4. The van der Waals surface area contributed by atoms with Crippen LogP contribution >= 0.6 is 47.8 Å². The Morgan fingerprint density at radius 1 is 0.425 bits per heavy atom. The molecule has 0 atom stereocenters. The lowest BCUT2D eigenvalue weighted by molar-refractivity contribution is -0.384. The minimum Gasteiger partial charge on any atom is -0.405 e. The molecule has 0 spiro atoms. The van der Waals surface area contributed by atoms with Crippen LogP contribution in [0.5, 0.6) is 0 Å². The summed E-state index contributed by atoms with van der Waals surface area (Å²) in [6.45, 7) is 23.8. The van der Waals surface area contributed by atoms with Gasteiger partial charge in [-0.25, -0.2) is 88.1 Å². The number of nitrogens with one attached hydrogen (secondary N) is 4. The summed E-state index contributed by atoms with van der Waals surface area (Å²) in [5, 5.41) is 32.5. The second-order valence-electron chi connectivity index (χ2n) is 30.6. The molecule has 3 fully saturated rings. The molecular weight excluding hydrogens is 1980 g/mol. The molecule has 0 bridgehead atoms. The fourth-order valence-corrected chi connectivity index (χ4v) is 13.1. The largest absolute Gasteiger partial charge is 0.494 e. The van der Waals surface area contributed by atoms with Gasteiger partial charge < -0.3 is 56.0 Å². The average molecular weight is 2080 g/mol. The standard InChI is InChI=1S/C14H21BFNO4S.C13H13FN4O4S.C13H15FN4O2S.C12H24B2O4.C8H9BrFNO2S.C7H4BrFO.C5H4BrN3O2.CH5NO2S.CH4O.CH4/c1-13(2)14(3,4)21-15(20-13)11-6-10(7-12(16)8-11)9-17-22(5,18)19;1-23(21,22)17-5-8-2-9(4-10(14)3-8)11-6-16-7-12(13(11)15)18(19)20;1-21(19,20)18-5-8-2-9(4-10(14)3-8)11-6-17-7-12(15)13(11)16;1-9(2)10(3,4)16-13(15-9)14-17-11(5,6)12(7,8)18-14;1-14(12,13)11-5-6-2-7(9)4-8(10)3-6;8-6-1-5(4-10)2-7(9)3-6;6-3-1-8-2-4(5(3)7)9(10)11;1-5(2,3)4;1-2;/h6-8,17H,9H2,1-5H3;2-4,6-7,17H,5H2,1H3,(H2,15,16);2-4,6-7,18H,5,15H2,1H3,(H2,16,17);1-8H3;2-4,11H,5H2,1H3;1-4H;1-2H,(H2,7,8);1H3,(H2,2,3,4);2H,1H3;1H4. The number of benzene rings is 5. The number of anilines is 4. The summed E-state index contributed by atoms with van der Waals surface area (Å²) < 4.78 is 220. The highest BCUT2D eigenvalue weighted by Crippen LogP contribution is 2.44. The number of rotatable bonds is 19. The number of carbonyl (C=O) groups is 1. The number of hydrogen-bond acceptors (Lipinski definition) is 29. The third-order valence-electron chi connectivity index (χ3n) is 18.2. The van der Waals surface area contributed by atoms with Crippen molar-refractivity contribution in [1.29, 1.82) is 0 Å². The zero-order valence-electron chi connectivity index (χ0n) is 71.5. The molecule has 0 radical (unpaired) electrons. The van der Waals surface area contributed by atoms with Crippen LogP contribution in [0, 0.1) is 49.3 Å².